The number of fused-ring (bicyclic) bond motifs is 2. The Morgan fingerprint density at radius 3 is 2.48 bits per heavy atom. The zero-order valence-corrected chi connectivity index (χ0v) is 18.6. The number of methoxy groups -OCH3 is 2. The average molecular weight is 463 g/mol. The van der Waals surface area contributed by atoms with Crippen LogP contribution < -0.4 is 15.1 Å². The molecule has 1 amide bonds. The lowest BCUT2D eigenvalue weighted by Crippen LogP contribution is -2.29. The van der Waals surface area contributed by atoms with Crippen molar-refractivity contribution in [1.82, 2.24) is 10.2 Å². The van der Waals surface area contributed by atoms with Crippen LogP contribution in [0.2, 0.25) is 0 Å². The molecule has 1 aliphatic heterocycles. The molecule has 0 N–H and O–H groups in total. The van der Waals surface area contributed by atoms with Gasteiger partial charge in [0.1, 0.15) is 16.3 Å². The Labute approximate surface area is 191 Å². The molecule has 10 heteroatoms. The van der Waals surface area contributed by atoms with Gasteiger partial charge in [0.2, 0.25) is 10.9 Å². The fraction of sp³-hybridized carbons (Fsp3) is 0.174. The van der Waals surface area contributed by atoms with Crippen molar-refractivity contribution in [3.8, 4) is 5.75 Å². The second-order valence-electron chi connectivity index (χ2n) is 7.33. The molecule has 1 atom stereocenters. The maximum atomic E-state index is 13.6. The second kappa shape index (κ2) is 7.82. The van der Waals surface area contributed by atoms with Crippen molar-refractivity contribution in [3.63, 3.8) is 0 Å². The lowest BCUT2D eigenvalue weighted by Gasteiger charge is -2.22. The standard InChI is InChI=1S/C23H17N3O6S/c1-11-24-25-23(33-11)26-18(12-4-6-13(7-5-12)22(29)31-3)17-19(27)15-9-8-14(30-2)10-16(15)32-20(17)21(26)28/h4-10,18H,1-3H3/t18-/m0/s1. The van der Waals surface area contributed by atoms with Crippen LogP contribution in [0, 0.1) is 6.92 Å². The van der Waals surface area contributed by atoms with Gasteiger partial charge in [0.05, 0.1) is 36.8 Å². The van der Waals surface area contributed by atoms with Crippen molar-refractivity contribution in [3.05, 3.63) is 80.1 Å². The minimum atomic E-state index is -0.797. The highest BCUT2D eigenvalue weighted by Crippen LogP contribution is 2.42. The molecule has 0 radical (unpaired) electrons. The number of carbonyl (C=O) groups is 2. The van der Waals surface area contributed by atoms with E-state index < -0.39 is 17.9 Å². The normalized spacial score (nSPS) is 15.1. The molecular weight excluding hydrogens is 446 g/mol. The number of hydrogen-bond donors (Lipinski definition) is 0. The zero-order chi connectivity index (χ0) is 23.3. The molecule has 0 saturated heterocycles. The van der Waals surface area contributed by atoms with E-state index in [0.29, 0.717) is 32.4 Å². The molecule has 0 unspecified atom stereocenters. The van der Waals surface area contributed by atoms with Gasteiger partial charge in [-0.3, -0.25) is 14.5 Å². The quantitative estimate of drug-likeness (QED) is 0.423. The Bertz CT molecular complexity index is 1470. The number of aromatic nitrogens is 2. The Kier molecular flexibility index (Phi) is 4.94. The van der Waals surface area contributed by atoms with Gasteiger partial charge in [-0.1, -0.05) is 23.5 Å². The maximum absolute atomic E-state index is 13.6. The van der Waals surface area contributed by atoms with E-state index in [2.05, 4.69) is 10.2 Å². The summed E-state index contributed by atoms with van der Waals surface area (Å²) in [5.41, 5.74) is 1.09. The van der Waals surface area contributed by atoms with Gasteiger partial charge in [0.15, 0.2) is 5.43 Å². The number of anilines is 1. The van der Waals surface area contributed by atoms with Gasteiger partial charge in [-0.05, 0) is 36.8 Å². The van der Waals surface area contributed by atoms with Crippen molar-refractivity contribution < 1.29 is 23.5 Å². The predicted molar refractivity (Wildman–Crippen MR) is 120 cm³/mol. The first kappa shape index (κ1) is 20.8. The molecule has 33 heavy (non-hydrogen) atoms. The summed E-state index contributed by atoms with van der Waals surface area (Å²) in [5, 5.41) is 9.49. The molecule has 166 valence electrons. The lowest BCUT2D eigenvalue weighted by molar-refractivity contribution is 0.0600. The van der Waals surface area contributed by atoms with Crippen LogP contribution in [0.3, 0.4) is 0 Å². The molecule has 4 aromatic rings. The predicted octanol–water partition coefficient (Wildman–Crippen LogP) is 3.50. The van der Waals surface area contributed by atoms with Gasteiger partial charge >= 0.3 is 5.97 Å². The molecular formula is C23H17N3O6S. The fourth-order valence-electron chi connectivity index (χ4n) is 3.89. The number of ether oxygens (including phenoxy) is 2. The smallest absolute Gasteiger partial charge is 0.337 e. The van der Waals surface area contributed by atoms with E-state index >= 15 is 0 Å². The molecule has 0 aliphatic carbocycles. The van der Waals surface area contributed by atoms with Gasteiger partial charge in [-0.25, -0.2) is 4.79 Å². The van der Waals surface area contributed by atoms with E-state index in [9.17, 15) is 14.4 Å². The van der Waals surface area contributed by atoms with Crippen LogP contribution in [-0.4, -0.2) is 36.3 Å². The first-order valence-electron chi connectivity index (χ1n) is 9.89. The van der Waals surface area contributed by atoms with Crippen molar-refractivity contribution >= 4 is 39.3 Å². The van der Waals surface area contributed by atoms with E-state index in [-0.39, 0.29) is 22.3 Å². The number of nitrogens with zero attached hydrogens (tertiary/aromatic N) is 3. The van der Waals surface area contributed by atoms with Crippen LogP contribution in [0.25, 0.3) is 11.0 Å². The van der Waals surface area contributed by atoms with Gasteiger partial charge in [0, 0.05) is 6.07 Å². The number of aryl methyl sites for hydroxylation is 1. The van der Waals surface area contributed by atoms with E-state index in [1.54, 1.807) is 49.4 Å². The number of benzene rings is 2. The molecule has 0 spiro atoms. The maximum Gasteiger partial charge on any atom is 0.337 e. The van der Waals surface area contributed by atoms with E-state index in [1.165, 1.54) is 30.5 Å². The Balaban J connectivity index is 1.75. The minimum absolute atomic E-state index is 0.0596. The first-order valence-corrected chi connectivity index (χ1v) is 10.7. The van der Waals surface area contributed by atoms with Crippen LogP contribution in [0.1, 0.15) is 43.1 Å². The van der Waals surface area contributed by atoms with Crippen LogP contribution in [-0.2, 0) is 4.74 Å². The fourth-order valence-corrected chi connectivity index (χ4v) is 4.61. The van der Waals surface area contributed by atoms with Gasteiger partial charge < -0.3 is 13.9 Å². The average Bonchev–Trinajstić information content (AvgIpc) is 3.39. The highest BCUT2D eigenvalue weighted by molar-refractivity contribution is 7.15. The summed E-state index contributed by atoms with van der Waals surface area (Å²) >= 11 is 1.23. The topological polar surface area (TPSA) is 112 Å². The van der Waals surface area contributed by atoms with Crippen molar-refractivity contribution in [2.24, 2.45) is 0 Å². The number of hydrogen-bond acceptors (Lipinski definition) is 9. The summed E-state index contributed by atoms with van der Waals surface area (Å²) < 4.78 is 15.9. The SMILES string of the molecule is COC(=O)c1ccc([C@H]2c3c(oc4cc(OC)ccc4c3=O)C(=O)N2c2nnc(C)s2)cc1. The molecule has 2 aromatic carbocycles. The molecule has 0 bridgehead atoms. The monoisotopic (exact) mass is 463 g/mol. The van der Waals surface area contributed by atoms with E-state index in [1.807, 2.05) is 0 Å². The molecule has 9 nitrogen and oxygen atoms in total. The zero-order valence-electron chi connectivity index (χ0n) is 17.8. The molecule has 1 aliphatic rings. The van der Waals surface area contributed by atoms with E-state index in [0.717, 1.165) is 0 Å². The minimum Gasteiger partial charge on any atom is -0.497 e. The highest BCUT2D eigenvalue weighted by Gasteiger charge is 2.45. The lowest BCUT2D eigenvalue weighted by atomic mass is 9.97. The molecule has 0 saturated carbocycles. The summed E-state index contributed by atoms with van der Waals surface area (Å²) in [4.78, 5) is 40.3. The van der Waals surface area contributed by atoms with Gasteiger partial charge in [-0.15, -0.1) is 10.2 Å². The number of rotatable bonds is 4. The molecule has 3 heterocycles. The second-order valence-corrected chi connectivity index (χ2v) is 8.49. The summed E-state index contributed by atoms with van der Waals surface area (Å²) in [5.74, 6) is -0.538. The summed E-state index contributed by atoms with van der Waals surface area (Å²) in [6.07, 6.45) is 0. The first-order chi connectivity index (χ1) is 15.9. The summed E-state index contributed by atoms with van der Waals surface area (Å²) in [6.45, 7) is 1.78. The van der Waals surface area contributed by atoms with E-state index in [4.69, 9.17) is 13.9 Å². The van der Waals surface area contributed by atoms with Gasteiger partial charge in [-0.2, -0.15) is 0 Å². The Morgan fingerprint density at radius 2 is 1.85 bits per heavy atom. The molecule has 5 rings (SSSR count). The highest BCUT2D eigenvalue weighted by atomic mass is 32.1. The van der Waals surface area contributed by atoms with Crippen molar-refractivity contribution in [2.45, 2.75) is 13.0 Å². The van der Waals surface area contributed by atoms with Crippen LogP contribution in [0.15, 0.2) is 51.7 Å². The van der Waals surface area contributed by atoms with Crippen LogP contribution >= 0.6 is 11.3 Å². The number of carbonyl (C=O) groups excluding carboxylic acids is 2. The third kappa shape index (κ3) is 3.26. The summed E-state index contributed by atoms with van der Waals surface area (Å²) in [6, 6.07) is 10.6. The number of esters is 1. The van der Waals surface area contributed by atoms with Crippen LogP contribution in [0.5, 0.6) is 5.75 Å². The van der Waals surface area contributed by atoms with Crippen molar-refractivity contribution in [1.29, 1.82) is 0 Å². The summed E-state index contributed by atoms with van der Waals surface area (Å²) in [7, 11) is 2.80. The Morgan fingerprint density at radius 1 is 1.09 bits per heavy atom. The number of amides is 1. The van der Waals surface area contributed by atoms with Crippen molar-refractivity contribution in [2.75, 3.05) is 19.1 Å². The van der Waals surface area contributed by atoms with Crippen LogP contribution in [0.4, 0.5) is 5.13 Å². The van der Waals surface area contributed by atoms with Gasteiger partial charge in [0.25, 0.3) is 5.91 Å². The third-order valence-electron chi connectivity index (χ3n) is 5.45. The molecule has 0 fully saturated rings. The Hall–Kier alpha value is -4.05. The molecule has 2 aromatic heterocycles. The largest absolute Gasteiger partial charge is 0.497 e. The third-order valence-corrected chi connectivity index (χ3v) is 6.29.